The number of carboxylic acids is 1. The van der Waals surface area contributed by atoms with Crippen molar-refractivity contribution in [2.45, 2.75) is 58.1 Å². The van der Waals surface area contributed by atoms with Gasteiger partial charge in [0, 0.05) is 18.3 Å². The van der Waals surface area contributed by atoms with Gasteiger partial charge in [-0.2, -0.15) is 0 Å². The van der Waals surface area contributed by atoms with Crippen molar-refractivity contribution < 1.29 is 14.6 Å². The van der Waals surface area contributed by atoms with Gasteiger partial charge in [0.1, 0.15) is 5.82 Å². The second-order valence-electron chi connectivity index (χ2n) is 6.57. The van der Waals surface area contributed by atoms with E-state index in [1.807, 2.05) is 13.8 Å². The highest BCUT2D eigenvalue weighted by atomic mass is 16.5. The number of nitrogens with one attached hydrogen (secondary N) is 1. The molecule has 2 heterocycles. The fraction of sp³-hybridized carbons (Fsp3) is 0.625. The van der Waals surface area contributed by atoms with E-state index < -0.39 is 5.97 Å². The summed E-state index contributed by atoms with van der Waals surface area (Å²) in [5.74, 6) is -0.0908. The second-order valence-corrected chi connectivity index (χ2v) is 6.57. The highest BCUT2D eigenvalue weighted by Gasteiger charge is 2.29. The van der Waals surface area contributed by atoms with Gasteiger partial charge >= 0.3 is 5.97 Å². The number of pyridine rings is 1. The predicted molar refractivity (Wildman–Crippen MR) is 82.0 cm³/mol. The lowest BCUT2D eigenvalue weighted by Crippen LogP contribution is -2.40. The normalized spacial score (nSPS) is 21.3. The fourth-order valence-corrected chi connectivity index (χ4v) is 2.61. The van der Waals surface area contributed by atoms with Gasteiger partial charge in [0.25, 0.3) is 0 Å². The number of rotatable bonds is 4. The zero-order valence-electron chi connectivity index (χ0n) is 13.1. The fourth-order valence-electron chi connectivity index (χ4n) is 2.61. The molecule has 1 fully saturated rings. The maximum Gasteiger partial charge on any atom is 0.335 e. The molecule has 1 aliphatic rings. The summed E-state index contributed by atoms with van der Waals surface area (Å²) in [5, 5.41) is 12.6. The molecular formula is C16H24N2O3. The molecule has 21 heavy (non-hydrogen) atoms. The van der Waals surface area contributed by atoms with Gasteiger partial charge in [0.2, 0.25) is 0 Å². The molecular weight excluding hydrogens is 268 g/mol. The summed E-state index contributed by atoms with van der Waals surface area (Å²) in [6, 6.07) is 3.51. The molecule has 116 valence electrons. The average Bonchev–Trinajstić information content (AvgIpc) is 2.36. The first-order chi connectivity index (χ1) is 9.77. The Labute approximate surface area is 125 Å². The number of anilines is 1. The summed E-state index contributed by atoms with van der Waals surface area (Å²) < 4.78 is 5.70. The van der Waals surface area contributed by atoms with Crippen molar-refractivity contribution in [3.63, 3.8) is 0 Å². The third-order valence-corrected chi connectivity index (χ3v) is 3.73. The Hall–Kier alpha value is -1.62. The van der Waals surface area contributed by atoms with Crippen LogP contribution in [0.5, 0.6) is 0 Å². The Balaban J connectivity index is 2.20. The van der Waals surface area contributed by atoms with E-state index in [9.17, 15) is 9.90 Å². The van der Waals surface area contributed by atoms with Crippen LogP contribution in [0.25, 0.3) is 0 Å². The van der Waals surface area contributed by atoms with Gasteiger partial charge in [-0.1, -0.05) is 13.8 Å². The highest BCUT2D eigenvalue weighted by Crippen LogP contribution is 2.27. The van der Waals surface area contributed by atoms with Crippen molar-refractivity contribution in [3.8, 4) is 0 Å². The minimum Gasteiger partial charge on any atom is -0.478 e. The molecule has 0 bridgehead atoms. The lowest BCUT2D eigenvalue weighted by atomic mass is 9.94. The molecule has 0 saturated carbocycles. The molecule has 1 unspecified atom stereocenters. The van der Waals surface area contributed by atoms with Gasteiger partial charge in [-0.25, -0.2) is 9.78 Å². The number of aromatic carboxylic acids is 1. The van der Waals surface area contributed by atoms with Crippen molar-refractivity contribution in [1.29, 1.82) is 0 Å². The van der Waals surface area contributed by atoms with Gasteiger partial charge in [-0.15, -0.1) is 0 Å². The molecule has 1 aromatic rings. The lowest BCUT2D eigenvalue weighted by molar-refractivity contribution is -0.0553. The van der Waals surface area contributed by atoms with Crippen molar-refractivity contribution in [2.24, 2.45) is 0 Å². The largest absolute Gasteiger partial charge is 0.478 e. The van der Waals surface area contributed by atoms with Crippen LogP contribution in [0.4, 0.5) is 5.82 Å². The minimum atomic E-state index is -0.922. The van der Waals surface area contributed by atoms with Crippen LogP contribution in [-0.2, 0) is 4.74 Å². The van der Waals surface area contributed by atoms with E-state index in [4.69, 9.17) is 4.74 Å². The Morgan fingerprint density at radius 1 is 1.48 bits per heavy atom. The van der Waals surface area contributed by atoms with E-state index in [-0.39, 0.29) is 23.1 Å². The average molecular weight is 292 g/mol. The Bertz CT molecular complexity index is 526. The molecule has 1 aromatic heterocycles. The number of nitrogens with zero attached hydrogens (tertiary/aromatic N) is 1. The first kappa shape index (κ1) is 15.8. The summed E-state index contributed by atoms with van der Waals surface area (Å²) >= 11 is 0. The van der Waals surface area contributed by atoms with E-state index in [0.717, 1.165) is 18.5 Å². The second kappa shape index (κ2) is 6.02. The minimum absolute atomic E-state index is 0.152. The smallest absolute Gasteiger partial charge is 0.335 e. The molecule has 1 aliphatic heterocycles. The number of carboxylic acid groups (broad SMARTS) is 1. The zero-order valence-corrected chi connectivity index (χ0v) is 13.1. The number of carbonyl (C=O) groups is 1. The first-order valence-corrected chi connectivity index (χ1v) is 7.42. The third-order valence-electron chi connectivity index (χ3n) is 3.73. The topological polar surface area (TPSA) is 71.5 Å². The molecule has 5 heteroatoms. The third kappa shape index (κ3) is 4.17. The standard InChI is InChI=1S/C16H24N2O3/c1-10(2)13-7-11(15(19)20)8-14(18-13)17-12-5-6-21-16(3,4)9-12/h7-8,10,12H,5-6,9H2,1-4H3,(H,17,18)(H,19,20). The van der Waals surface area contributed by atoms with Crippen LogP contribution in [0.15, 0.2) is 12.1 Å². The molecule has 2 rings (SSSR count). The SMILES string of the molecule is CC(C)c1cc(C(=O)O)cc(NC2CCOC(C)(C)C2)n1. The summed E-state index contributed by atoms with van der Waals surface area (Å²) in [4.78, 5) is 15.8. The number of hydrogen-bond donors (Lipinski definition) is 2. The summed E-state index contributed by atoms with van der Waals surface area (Å²) in [6.07, 6.45) is 1.78. The summed E-state index contributed by atoms with van der Waals surface area (Å²) in [6.45, 7) is 8.87. The van der Waals surface area contributed by atoms with Crippen LogP contribution < -0.4 is 5.32 Å². The zero-order chi connectivity index (χ0) is 15.6. The van der Waals surface area contributed by atoms with Gasteiger partial charge in [0.15, 0.2) is 0 Å². The maximum atomic E-state index is 11.2. The lowest BCUT2D eigenvalue weighted by Gasteiger charge is -2.36. The van der Waals surface area contributed by atoms with Crippen LogP contribution in [0.2, 0.25) is 0 Å². The van der Waals surface area contributed by atoms with Gasteiger partial charge in [0.05, 0.1) is 11.2 Å². The molecule has 1 saturated heterocycles. The molecule has 0 aromatic carbocycles. The van der Waals surface area contributed by atoms with E-state index in [1.54, 1.807) is 12.1 Å². The van der Waals surface area contributed by atoms with Crippen LogP contribution in [0, 0.1) is 0 Å². The van der Waals surface area contributed by atoms with Crippen molar-refractivity contribution in [3.05, 3.63) is 23.4 Å². The van der Waals surface area contributed by atoms with Crippen LogP contribution in [0.1, 0.15) is 62.5 Å². The quantitative estimate of drug-likeness (QED) is 0.891. The van der Waals surface area contributed by atoms with E-state index in [0.29, 0.717) is 12.4 Å². The van der Waals surface area contributed by atoms with Crippen molar-refractivity contribution in [1.82, 2.24) is 4.98 Å². The molecule has 5 nitrogen and oxygen atoms in total. The van der Waals surface area contributed by atoms with Gasteiger partial charge < -0.3 is 15.2 Å². The molecule has 0 spiro atoms. The first-order valence-electron chi connectivity index (χ1n) is 7.42. The summed E-state index contributed by atoms with van der Waals surface area (Å²) in [7, 11) is 0. The maximum absolute atomic E-state index is 11.2. The number of ether oxygens (including phenoxy) is 1. The van der Waals surface area contributed by atoms with Gasteiger partial charge in [-0.05, 0) is 44.7 Å². The highest BCUT2D eigenvalue weighted by molar-refractivity contribution is 5.88. The predicted octanol–water partition coefficient (Wildman–Crippen LogP) is 3.27. The van der Waals surface area contributed by atoms with E-state index in [1.165, 1.54) is 0 Å². The Morgan fingerprint density at radius 2 is 2.19 bits per heavy atom. The van der Waals surface area contributed by atoms with E-state index >= 15 is 0 Å². The van der Waals surface area contributed by atoms with Crippen molar-refractivity contribution >= 4 is 11.8 Å². The van der Waals surface area contributed by atoms with E-state index in [2.05, 4.69) is 24.1 Å². The van der Waals surface area contributed by atoms with Gasteiger partial charge in [-0.3, -0.25) is 0 Å². The molecule has 1 atom stereocenters. The Morgan fingerprint density at radius 3 is 2.76 bits per heavy atom. The number of aromatic nitrogens is 1. The molecule has 2 N–H and O–H groups in total. The van der Waals surface area contributed by atoms with Crippen LogP contribution >= 0.6 is 0 Å². The molecule has 0 amide bonds. The Kier molecular flexibility index (Phi) is 4.52. The number of hydrogen-bond acceptors (Lipinski definition) is 4. The summed E-state index contributed by atoms with van der Waals surface area (Å²) in [5.41, 5.74) is 0.924. The molecule has 0 radical (unpaired) electrons. The van der Waals surface area contributed by atoms with Crippen LogP contribution in [-0.4, -0.2) is 34.3 Å². The monoisotopic (exact) mass is 292 g/mol. The molecule has 0 aliphatic carbocycles. The van der Waals surface area contributed by atoms with Crippen LogP contribution in [0.3, 0.4) is 0 Å². The van der Waals surface area contributed by atoms with Crippen molar-refractivity contribution in [2.75, 3.05) is 11.9 Å².